The zero-order valence-corrected chi connectivity index (χ0v) is 15.1. The summed E-state index contributed by atoms with van der Waals surface area (Å²) in [4.78, 5) is 9.74. The van der Waals surface area contributed by atoms with Crippen LogP contribution < -0.4 is 0 Å². The molecule has 1 saturated carbocycles. The number of likely N-dealkylation sites (tertiary alicyclic amines) is 1. The molecule has 1 spiro atoms. The third-order valence-electron chi connectivity index (χ3n) is 6.29. The second-order valence-electron chi connectivity index (χ2n) is 7.87. The summed E-state index contributed by atoms with van der Waals surface area (Å²) < 4.78 is 0. The van der Waals surface area contributed by atoms with Gasteiger partial charge in [0.2, 0.25) is 0 Å². The summed E-state index contributed by atoms with van der Waals surface area (Å²) in [7, 11) is 2.29. The van der Waals surface area contributed by atoms with E-state index in [4.69, 9.17) is 0 Å². The van der Waals surface area contributed by atoms with Gasteiger partial charge in [-0.2, -0.15) is 0 Å². The maximum Gasteiger partial charge on any atom is 0.107 e. The smallest absolute Gasteiger partial charge is 0.107 e. The number of thiazole rings is 1. The first-order valence-corrected chi connectivity index (χ1v) is 10.1. The summed E-state index contributed by atoms with van der Waals surface area (Å²) >= 11 is 1.78. The monoisotopic (exact) mass is 331 g/mol. The van der Waals surface area contributed by atoms with Crippen LogP contribution in [0.4, 0.5) is 0 Å². The fourth-order valence-electron chi connectivity index (χ4n) is 4.71. The number of hydrogen-bond donors (Lipinski definition) is 0. The molecule has 1 aromatic rings. The van der Waals surface area contributed by atoms with Gasteiger partial charge in [-0.25, -0.2) is 4.98 Å². The molecule has 2 atom stereocenters. The van der Waals surface area contributed by atoms with E-state index in [1.54, 1.807) is 11.3 Å². The molecule has 1 aliphatic heterocycles. The maximum absolute atomic E-state index is 4.44. The van der Waals surface area contributed by atoms with Crippen LogP contribution in [0.5, 0.6) is 0 Å². The van der Waals surface area contributed by atoms with Crippen molar-refractivity contribution >= 4 is 11.3 Å². The van der Waals surface area contributed by atoms with Gasteiger partial charge in [0.1, 0.15) is 5.01 Å². The number of aromatic nitrogens is 1. The van der Waals surface area contributed by atoms with Gasteiger partial charge in [0.05, 0.1) is 6.54 Å². The van der Waals surface area contributed by atoms with E-state index in [9.17, 15) is 0 Å². The number of rotatable bonds is 5. The van der Waals surface area contributed by atoms with Gasteiger partial charge in [0, 0.05) is 24.2 Å². The van der Waals surface area contributed by atoms with E-state index in [-0.39, 0.29) is 0 Å². The Kier molecular flexibility index (Phi) is 4.57. The molecule has 0 aromatic carbocycles. The van der Waals surface area contributed by atoms with Crippen molar-refractivity contribution in [3.63, 3.8) is 0 Å². The van der Waals surface area contributed by atoms with Crippen LogP contribution in [-0.2, 0) is 6.54 Å². The van der Waals surface area contributed by atoms with Gasteiger partial charge in [-0.3, -0.25) is 4.90 Å². The zero-order valence-electron chi connectivity index (χ0n) is 14.3. The highest BCUT2D eigenvalue weighted by atomic mass is 32.1. The minimum Gasteiger partial charge on any atom is -0.303 e. The van der Waals surface area contributed by atoms with Crippen molar-refractivity contribution in [3.8, 4) is 0 Å². The van der Waals surface area contributed by atoms with Gasteiger partial charge in [0.25, 0.3) is 0 Å². The second kappa shape index (κ2) is 6.66. The quantitative estimate of drug-likeness (QED) is 0.765. The van der Waals surface area contributed by atoms with Crippen molar-refractivity contribution in [2.75, 3.05) is 26.7 Å². The molecule has 0 bridgehead atoms. The van der Waals surface area contributed by atoms with E-state index in [2.05, 4.69) is 39.4 Å². The van der Waals surface area contributed by atoms with Crippen LogP contribution in [0.25, 0.3) is 0 Å². The molecule has 0 unspecified atom stereocenters. The third-order valence-corrected chi connectivity index (χ3v) is 7.06. The van der Waals surface area contributed by atoms with Crippen molar-refractivity contribution < 1.29 is 0 Å². The maximum atomic E-state index is 4.44. The Bertz CT molecular complexity index is 531. The standard InChI is InChI=1S/C19H29N3S/c1-21(15-18-20-9-12-23-18)17-13-19(17)7-10-22(11-8-19)14-16-5-3-2-4-6-16/h2-3,9,12,16-17H,4-8,10-11,13-15H2,1H3/t16-,17+/m1/s1. The molecule has 0 radical (unpaired) electrons. The lowest BCUT2D eigenvalue weighted by Crippen LogP contribution is -2.40. The van der Waals surface area contributed by atoms with Crippen LogP contribution in [0.1, 0.15) is 43.5 Å². The van der Waals surface area contributed by atoms with Crippen LogP contribution in [0.3, 0.4) is 0 Å². The summed E-state index contributed by atoms with van der Waals surface area (Å²) in [6.07, 6.45) is 14.9. The van der Waals surface area contributed by atoms with Gasteiger partial charge in [-0.1, -0.05) is 12.2 Å². The molecule has 2 fully saturated rings. The summed E-state index contributed by atoms with van der Waals surface area (Å²) in [5, 5.41) is 3.35. The van der Waals surface area contributed by atoms with Crippen molar-refractivity contribution in [1.29, 1.82) is 0 Å². The SMILES string of the molecule is CN(Cc1nccs1)[C@H]1CC12CCN(C[C@@H]1CC=CCC1)CC2. The van der Waals surface area contributed by atoms with Crippen LogP contribution in [0, 0.1) is 11.3 Å². The van der Waals surface area contributed by atoms with E-state index < -0.39 is 0 Å². The number of allylic oxidation sites excluding steroid dienone is 2. The molecular formula is C19H29N3S. The lowest BCUT2D eigenvalue weighted by molar-refractivity contribution is 0.127. The lowest BCUT2D eigenvalue weighted by Gasteiger charge is -2.36. The van der Waals surface area contributed by atoms with Gasteiger partial charge in [-0.15, -0.1) is 11.3 Å². The highest BCUT2D eigenvalue weighted by molar-refractivity contribution is 7.09. The lowest BCUT2D eigenvalue weighted by atomic mass is 9.89. The zero-order chi connectivity index (χ0) is 15.7. The van der Waals surface area contributed by atoms with Gasteiger partial charge < -0.3 is 4.90 Å². The molecular weight excluding hydrogens is 302 g/mol. The topological polar surface area (TPSA) is 19.4 Å². The Labute approximate surface area is 144 Å². The highest BCUT2D eigenvalue weighted by Gasteiger charge is 2.56. The van der Waals surface area contributed by atoms with E-state index in [0.29, 0.717) is 5.41 Å². The minimum absolute atomic E-state index is 0.634. The Morgan fingerprint density at radius 2 is 2.22 bits per heavy atom. The van der Waals surface area contributed by atoms with Crippen molar-refractivity contribution in [2.45, 2.75) is 51.1 Å². The molecule has 0 amide bonds. The first-order valence-electron chi connectivity index (χ1n) is 9.21. The Morgan fingerprint density at radius 3 is 2.91 bits per heavy atom. The predicted molar refractivity (Wildman–Crippen MR) is 96.6 cm³/mol. The number of nitrogens with zero attached hydrogens (tertiary/aromatic N) is 3. The Morgan fingerprint density at radius 1 is 1.35 bits per heavy atom. The fraction of sp³-hybridized carbons (Fsp3) is 0.737. The Balaban J connectivity index is 1.24. The molecule has 3 nitrogen and oxygen atoms in total. The van der Waals surface area contributed by atoms with E-state index in [0.717, 1.165) is 18.5 Å². The normalized spacial score (nSPS) is 30.2. The highest BCUT2D eigenvalue weighted by Crippen LogP contribution is 2.56. The van der Waals surface area contributed by atoms with Crippen LogP contribution in [0.2, 0.25) is 0 Å². The van der Waals surface area contributed by atoms with Crippen LogP contribution >= 0.6 is 11.3 Å². The average Bonchev–Trinajstić information content (AvgIpc) is 3.02. The van der Waals surface area contributed by atoms with E-state index >= 15 is 0 Å². The molecule has 126 valence electrons. The molecule has 23 heavy (non-hydrogen) atoms. The molecule has 2 aliphatic carbocycles. The van der Waals surface area contributed by atoms with Gasteiger partial charge in [0.15, 0.2) is 0 Å². The van der Waals surface area contributed by atoms with Crippen molar-refractivity contribution in [3.05, 3.63) is 28.7 Å². The summed E-state index contributed by atoms with van der Waals surface area (Å²) in [5.74, 6) is 0.914. The predicted octanol–water partition coefficient (Wildman–Crippen LogP) is 3.79. The molecule has 3 aliphatic rings. The van der Waals surface area contributed by atoms with Crippen molar-refractivity contribution in [2.24, 2.45) is 11.3 Å². The molecule has 0 N–H and O–H groups in total. The molecule has 4 rings (SSSR count). The minimum atomic E-state index is 0.634. The second-order valence-corrected chi connectivity index (χ2v) is 8.85. The van der Waals surface area contributed by atoms with E-state index in [1.165, 1.54) is 63.2 Å². The molecule has 1 saturated heterocycles. The third kappa shape index (κ3) is 3.54. The molecule has 4 heteroatoms. The van der Waals surface area contributed by atoms with Gasteiger partial charge in [-0.05, 0) is 70.0 Å². The van der Waals surface area contributed by atoms with Crippen molar-refractivity contribution in [1.82, 2.24) is 14.8 Å². The largest absolute Gasteiger partial charge is 0.303 e. The summed E-state index contributed by atoms with van der Waals surface area (Å²) in [6, 6.07) is 0.797. The Hall–Kier alpha value is -0.710. The first-order chi connectivity index (χ1) is 11.3. The van der Waals surface area contributed by atoms with Gasteiger partial charge >= 0.3 is 0 Å². The summed E-state index contributed by atoms with van der Waals surface area (Å²) in [5.41, 5.74) is 0.634. The average molecular weight is 332 g/mol. The van der Waals surface area contributed by atoms with E-state index in [1.807, 2.05) is 6.20 Å². The first kappa shape index (κ1) is 15.8. The van der Waals surface area contributed by atoms with Crippen LogP contribution in [0.15, 0.2) is 23.7 Å². The molecule has 1 aromatic heterocycles. The number of piperidine rings is 1. The fourth-order valence-corrected chi connectivity index (χ4v) is 5.39. The van der Waals surface area contributed by atoms with Crippen LogP contribution in [-0.4, -0.2) is 47.5 Å². The number of hydrogen-bond acceptors (Lipinski definition) is 4. The summed E-state index contributed by atoms with van der Waals surface area (Å²) in [6.45, 7) is 5.01. The molecule has 2 heterocycles.